The van der Waals surface area contributed by atoms with Crippen molar-refractivity contribution in [1.82, 2.24) is 14.5 Å². The van der Waals surface area contributed by atoms with E-state index in [2.05, 4.69) is 20.9 Å². The lowest BCUT2D eigenvalue weighted by Crippen LogP contribution is -2.35. The summed E-state index contributed by atoms with van der Waals surface area (Å²) in [6.45, 7) is 2.78. The molecule has 1 saturated heterocycles. The van der Waals surface area contributed by atoms with Crippen LogP contribution >= 0.6 is 0 Å². The highest BCUT2D eigenvalue weighted by molar-refractivity contribution is 5.89. The summed E-state index contributed by atoms with van der Waals surface area (Å²) < 4.78 is 7.81. The van der Waals surface area contributed by atoms with Crippen LogP contribution < -0.4 is 10.1 Å². The van der Waals surface area contributed by atoms with Crippen molar-refractivity contribution in [3.8, 4) is 11.6 Å². The molecule has 6 nitrogen and oxygen atoms in total. The maximum Gasteiger partial charge on any atom is 0.322 e. The second kappa shape index (κ2) is 7.76. The Bertz CT molecular complexity index is 947. The van der Waals surface area contributed by atoms with Crippen LogP contribution in [0.2, 0.25) is 0 Å². The van der Waals surface area contributed by atoms with Gasteiger partial charge >= 0.3 is 6.03 Å². The minimum absolute atomic E-state index is 0.0993. The van der Waals surface area contributed by atoms with Gasteiger partial charge in [0.05, 0.1) is 17.9 Å². The molecule has 4 rings (SSSR count). The van der Waals surface area contributed by atoms with Gasteiger partial charge in [-0.1, -0.05) is 17.7 Å². The van der Waals surface area contributed by atoms with Crippen LogP contribution in [0, 0.1) is 6.92 Å². The smallest absolute Gasteiger partial charge is 0.322 e. The Balaban J connectivity index is 1.40. The van der Waals surface area contributed by atoms with Crippen LogP contribution in [0.15, 0.2) is 60.9 Å². The van der Waals surface area contributed by atoms with Gasteiger partial charge in [-0.15, -0.1) is 0 Å². The van der Waals surface area contributed by atoms with Crippen LogP contribution in [0.4, 0.5) is 10.5 Å². The molecule has 144 valence electrons. The van der Waals surface area contributed by atoms with Gasteiger partial charge in [0.2, 0.25) is 5.88 Å². The standard InChI is InChI=1S/C22H24N4O2/c1-16-7-10-18(11-8-16)28-21-12-9-17(15-23-21)24-22(27)26-14-4-6-20(26)19-5-3-13-25(19)2/h3,5,7-13,15,20H,4,6,14H2,1-2H3,(H,24,27)/t20-/m1/s1. The maximum absolute atomic E-state index is 12.8. The van der Waals surface area contributed by atoms with Crippen LogP contribution in [-0.4, -0.2) is 27.0 Å². The molecule has 0 aliphatic carbocycles. The summed E-state index contributed by atoms with van der Waals surface area (Å²) in [6, 6.07) is 15.5. The number of ether oxygens (including phenoxy) is 1. The molecule has 2 aromatic heterocycles. The Hall–Kier alpha value is -3.28. The van der Waals surface area contributed by atoms with Crippen molar-refractivity contribution in [2.24, 2.45) is 7.05 Å². The van der Waals surface area contributed by atoms with Crippen molar-refractivity contribution in [3.05, 3.63) is 72.2 Å². The fourth-order valence-corrected chi connectivity index (χ4v) is 3.57. The summed E-state index contributed by atoms with van der Waals surface area (Å²) in [5.41, 5.74) is 2.99. The highest BCUT2D eigenvalue weighted by Crippen LogP contribution is 2.32. The van der Waals surface area contributed by atoms with Gasteiger partial charge in [-0.3, -0.25) is 0 Å². The van der Waals surface area contributed by atoms with Gasteiger partial charge in [-0.05, 0) is 50.1 Å². The third-order valence-corrected chi connectivity index (χ3v) is 5.07. The number of likely N-dealkylation sites (tertiary alicyclic amines) is 1. The van der Waals surface area contributed by atoms with Crippen molar-refractivity contribution in [3.63, 3.8) is 0 Å². The maximum atomic E-state index is 12.8. The number of urea groups is 1. The Morgan fingerprint density at radius 3 is 2.68 bits per heavy atom. The summed E-state index contributed by atoms with van der Waals surface area (Å²) in [4.78, 5) is 19.0. The minimum Gasteiger partial charge on any atom is -0.439 e. The van der Waals surface area contributed by atoms with Crippen molar-refractivity contribution < 1.29 is 9.53 Å². The van der Waals surface area contributed by atoms with E-state index in [1.807, 2.05) is 61.5 Å². The summed E-state index contributed by atoms with van der Waals surface area (Å²) >= 11 is 0. The van der Waals surface area contributed by atoms with Crippen LogP contribution in [0.25, 0.3) is 0 Å². The number of rotatable bonds is 4. The number of amides is 2. The summed E-state index contributed by atoms with van der Waals surface area (Å²) in [5, 5.41) is 2.95. The van der Waals surface area contributed by atoms with Gasteiger partial charge in [0.1, 0.15) is 5.75 Å². The molecule has 0 radical (unpaired) electrons. The van der Waals surface area contributed by atoms with Crippen molar-refractivity contribution in [2.75, 3.05) is 11.9 Å². The molecule has 2 amide bonds. The first kappa shape index (κ1) is 18.1. The van der Waals surface area contributed by atoms with Crippen molar-refractivity contribution >= 4 is 11.7 Å². The average molecular weight is 376 g/mol. The van der Waals surface area contributed by atoms with E-state index in [1.165, 1.54) is 5.56 Å². The zero-order valence-electron chi connectivity index (χ0n) is 16.1. The van der Waals surface area contributed by atoms with Crippen LogP contribution in [0.3, 0.4) is 0 Å². The second-order valence-electron chi connectivity index (χ2n) is 7.13. The molecule has 0 bridgehead atoms. The molecular formula is C22H24N4O2. The van der Waals surface area contributed by atoms with Gasteiger partial charge < -0.3 is 19.5 Å². The van der Waals surface area contributed by atoms with Crippen LogP contribution in [0.5, 0.6) is 11.6 Å². The third-order valence-electron chi connectivity index (χ3n) is 5.07. The largest absolute Gasteiger partial charge is 0.439 e. The van der Waals surface area contributed by atoms with E-state index in [9.17, 15) is 4.79 Å². The molecule has 1 aliphatic heterocycles. The van der Waals surface area contributed by atoms with Gasteiger partial charge in [0.15, 0.2) is 0 Å². The molecule has 1 fully saturated rings. The number of carbonyl (C=O) groups is 1. The number of nitrogens with one attached hydrogen (secondary N) is 1. The lowest BCUT2D eigenvalue weighted by Gasteiger charge is -2.25. The normalized spacial score (nSPS) is 16.2. The summed E-state index contributed by atoms with van der Waals surface area (Å²) in [5.74, 6) is 1.22. The fourth-order valence-electron chi connectivity index (χ4n) is 3.57. The molecule has 3 aromatic rings. The van der Waals surface area contributed by atoms with E-state index in [4.69, 9.17) is 4.74 Å². The van der Waals surface area contributed by atoms with Gasteiger partial charge in [0, 0.05) is 31.5 Å². The number of nitrogens with zero attached hydrogens (tertiary/aromatic N) is 3. The molecule has 1 aromatic carbocycles. The lowest BCUT2D eigenvalue weighted by molar-refractivity contribution is 0.205. The van der Waals surface area contributed by atoms with Gasteiger partial charge in [-0.2, -0.15) is 0 Å². The molecule has 0 unspecified atom stereocenters. The van der Waals surface area contributed by atoms with E-state index in [0.717, 1.165) is 30.8 Å². The number of anilines is 1. The number of aromatic nitrogens is 2. The number of carbonyl (C=O) groups excluding carboxylic acids is 1. The predicted molar refractivity (Wildman–Crippen MR) is 109 cm³/mol. The quantitative estimate of drug-likeness (QED) is 0.705. The van der Waals surface area contributed by atoms with E-state index in [1.54, 1.807) is 12.3 Å². The number of hydrogen-bond acceptors (Lipinski definition) is 3. The molecule has 1 N–H and O–H groups in total. The number of pyridine rings is 1. The molecular weight excluding hydrogens is 352 g/mol. The van der Waals surface area contributed by atoms with Crippen molar-refractivity contribution in [2.45, 2.75) is 25.8 Å². The topological polar surface area (TPSA) is 59.4 Å². The molecule has 28 heavy (non-hydrogen) atoms. The molecule has 3 heterocycles. The zero-order chi connectivity index (χ0) is 19.5. The Morgan fingerprint density at radius 2 is 2.00 bits per heavy atom. The first-order valence-corrected chi connectivity index (χ1v) is 9.49. The summed E-state index contributed by atoms with van der Waals surface area (Å²) in [7, 11) is 2.01. The van der Waals surface area contributed by atoms with Crippen LogP contribution in [0.1, 0.15) is 30.1 Å². The van der Waals surface area contributed by atoms with Crippen molar-refractivity contribution in [1.29, 1.82) is 0 Å². The SMILES string of the molecule is Cc1ccc(Oc2ccc(NC(=O)N3CCC[C@@H]3c3cccn3C)cn2)cc1. The van der Waals surface area contributed by atoms with Gasteiger partial charge in [0.25, 0.3) is 0 Å². The molecule has 0 spiro atoms. The van der Waals surface area contributed by atoms with E-state index in [-0.39, 0.29) is 12.1 Å². The first-order valence-electron chi connectivity index (χ1n) is 9.49. The Labute approximate surface area is 164 Å². The number of aryl methyl sites for hydroxylation is 2. The fraction of sp³-hybridized carbons (Fsp3) is 0.273. The molecule has 6 heteroatoms. The van der Waals surface area contributed by atoms with Gasteiger partial charge in [-0.25, -0.2) is 9.78 Å². The first-order chi connectivity index (χ1) is 13.6. The molecule has 1 aliphatic rings. The summed E-state index contributed by atoms with van der Waals surface area (Å²) in [6.07, 6.45) is 5.62. The van der Waals surface area contributed by atoms with Crippen LogP contribution in [-0.2, 0) is 7.05 Å². The number of hydrogen-bond donors (Lipinski definition) is 1. The minimum atomic E-state index is -0.0993. The lowest BCUT2D eigenvalue weighted by atomic mass is 10.1. The third kappa shape index (κ3) is 3.86. The van der Waals surface area contributed by atoms with E-state index < -0.39 is 0 Å². The Morgan fingerprint density at radius 1 is 1.18 bits per heavy atom. The van der Waals surface area contributed by atoms with E-state index >= 15 is 0 Å². The molecule has 0 saturated carbocycles. The highest BCUT2D eigenvalue weighted by Gasteiger charge is 2.31. The molecule has 1 atom stereocenters. The Kier molecular flexibility index (Phi) is 5.02. The average Bonchev–Trinajstić information content (AvgIpc) is 3.33. The second-order valence-corrected chi connectivity index (χ2v) is 7.13. The highest BCUT2D eigenvalue weighted by atomic mass is 16.5. The predicted octanol–water partition coefficient (Wildman–Crippen LogP) is 4.89. The zero-order valence-corrected chi connectivity index (χ0v) is 16.1. The monoisotopic (exact) mass is 376 g/mol. The van der Waals surface area contributed by atoms with E-state index in [0.29, 0.717) is 11.6 Å². The number of benzene rings is 1.